The van der Waals surface area contributed by atoms with Gasteiger partial charge in [0, 0.05) is 30.3 Å². The number of amides is 2. The molecule has 0 radical (unpaired) electrons. The summed E-state index contributed by atoms with van der Waals surface area (Å²) in [5.41, 5.74) is 1.46. The van der Waals surface area contributed by atoms with Crippen LogP contribution in [0.2, 0.25) is 0 Å². The van der Waals surface area contributed by atoms with Crippen LogP contribution >= 0.6 is 0 Å². The molecule has 2 atom stereocenters. The van der Waals surface area contributed by atoms with Crippen molar-refractivity contribution in [1.82, 2.24) is 14.8 Å². The molecule has 4 rings (SSSR count). The molecule has 0 spiro atoms. The molecule has 2 saturated heterocycles. The molecule has 0 unspecified atom stereocenters. The third-order valence-electron chi connectivity index (χ3n) is 5.00. The van der Waals surface area contributed by atoms with Crippen LogP contribution < -0.4 is 0 Å². The standard InChI is InChI=1S/C18H19N3O3/c1-12-17(22)20-8-2-3-15(20)10-21(12)18(23)14-6-4-13(5-7-14)16-9-19-11-24-16/h4-7,9,11-12,15H,2-3,8,10H2,1H3/t12-,15+/m0/s1. The van der Waals surface area contributed by atoms with Crippen LogP contribution in [0.5, 0.6) is 0 Å². The van der Waals surface area contributed by atoms with Gasteiger partial charge in [-0.2, -0.15) is 0 Å². The van der Waals surface area contributed by atoms with E-state index in [1.165, 1.54) is 6.39 Å². The van der Waals surface area contributed by atoms with E-state index in [9.17, 15) is 9.59 Å². The van der Waals surface area contributed by atoms with Crippen LogP contribution in [0.25, 0.3) is 11.3 Å². The summed E-state index contributed by atoms with van der Waals surface area (Å²) in [6, 6.07) is 7.00. The molecule has 6 heteroatoms. The van der Waals surface area contributed by atoms with E-state index in [4.69, 9.17) is 4.42 Å². The lowest BCUT2D eigenvalue weighted by Gasteiger charge is -2.41. The van der Waals surface area contributed by atoms with E-state index in [0.29, 0.717) is 17.9 Å². The molecular weight excluding hydrogens is 306 g/mol. The molecule has 6 nitrogen and oxygen atoms in total. The van der Waals surface area contributed by atoms with Gasteiger partial charge >= 0.3 is 0 Å². The van der Waals surface area contributed by atoms with E-state index in [1.807, 2.05) is 24.0 Å². The monoisotopic (exact) mass is 325 g/mol. The summed E-state index contributed by atoms with van der Waals surface area (Å²) in [6.45, 7) is 3.26. The highest BCUT2D eigenvalue weighted by molar-refractivity contribution is 5.98. The topological polar surface area (TPSA) is 66.7 Å². The molecule has 0 aliphatic carbocycles. The smallest absolute Gasteiger partial charge is 0.254 e. The molecule has 24 heavy (non-hydrogen) atoms. The van der Waals surface area contributed by atoms with E-state index >= 15 is 0 Å². The Bertz CT molecular complexity index is 754. The molecule has 2 amide bonds. The van der Waals surface area contributed by atoms with E-state index in [0.717, 1.165) is 24.9 Å². The summed E-state index contributed by atoms with van der Waals surface area (Å²) in [5, 5.41) is 0. The molecule has 0 saturated carbocycles. The Morgan fingerprint density at radius 1 is 1.29 bits per heavy atom. The van der Waals surface area contributed by atoms with Crippen LogP contribution in [0.15, 0.2) is 41.3 Å². The van der Waals surface area contributed by atoms with Gasteiger partial charge in [0.05, 0.1) is 6.20 Å². The number of aromatic nitrogens is 1. The van der Waals surface area contributed by atoms with Crippen molar-refractivity contribution in [3.63, 3.8) is 0 Å². The quantitative estimate of drug-likeness (QED) is 0.849. The first-order chi connectivity index (χ1) is 11.6. The zero-order valence-corrected chi connectivity index (χ0v) is 13.5. The van der Waals surface area contributed by atoms with Crippen molar-refractivity contribution in [3.8, 4) is 11.3 Å². The second-order valence-corrected chi connectivity index (χ2v) is 6.40. The number of carbonyl (C=O) groups excluding carboxylic acids is 2. The minimum atomic E-state index is -0.402. The van der Waals surface area contributed by atoms with Gasteiger partial charge in [0.15, 0.2) is 12.2 Å². The van der Waals surface area contributed by atoms with Gasteiger partial charge in [-0.1, -0.05) is 12.1 Å². The number of carbonyl (C=O) groups is 2. The maximum Gasteiger partial charge on any atom is 0.254 e. The van der Waals surface area contributed by atoms with Crippen molar-refractivity contribution in [2.45, 2.75) is 31.8 Å². The van der Waals surface area contributed by atoms with E-state index in [-0.39, 0.29) is 17.9 Å². The average molecular weight is 325 g/mol. The van der Waals surface area contributed by atoms with Crippen molar-refractivity contribution in [2.75, 3.05) is 13.1 Å². The third kappa shape index (κ3) is 2.38. The van der Waals surface area contributed by atoms with Gasteiger partial charge in [-0.15, -0.1) is 0 Å². The van der Waals surface area contributed by atoms with Crippen molar-refractivity contribution in [1.29, 1.82) is 0 Å². The Labute approximate surface area is 140 Å². The maximum absolute atomic E-state index is 12.9. The Morgan fingerprint density at radius 2 is 2.08 bits per heavy atom. The zero-order valence-electron chi connectivity index (χ0n) is 13.5. The van der Waals surface area contributed by atoms with Gasteiger partial charge in [-0.25, -0.2) is 4.98 Å². The number of piperazine rings is 1. The fourth-order valence-corrected chi connectivity index (χ4v) is 3.63. The summed E-state index contributed by atoms with van der Waals surface area (Å²) >= 11 is 0. The normalized spacial score (nSPS) is 23.5. The summed E-state index contributed by atoms with van der Waals surface area (Å²) in [7, 11) is 0. The fourth-order valence-electron chi connectivity index (χ4n) is 3.63. The Morgan fingerprint density at radius 3 is 2.79 bits per heavy atom. The van der Waals surface area contributed by atoms with Gasteiger partial charge in [0.1, 0.15) is 6.04 Å². The highest BCUT2D eigenvalue weighted by Crippen LogP contribution is 2.27. The highest BCUT2D eigenvalue weighted by Gasteiger charge is 2.42. The van der Waals surface area contributed by atoms with Gasteiger partial charge in [-0.05, 0) is 31.9 Å². The van der Waals surface area contributed by atoms with Crippen molar-refractivity contribution >= 4 is 11.8 Å². The summed E-state index contributed by atoms with van der Waals surface area (Å²) in [6.07, 6.45) is 5.02. The van der Waals surface area contributed by atoms with Crippen LogP contribution in [0.3, 0.4) is 0 Å². The second-order valence-electron chi connectivity index (χ2n) is 6.40. The highest BCUT2D eigenvalue weighted by atomic mass is 16.3. The van der Waals surface area contributed by atoms with Crippen molar-refractivity contribution in [2.24, 2.45) is 0 Å². The SMILES string of the molecule is C[C@H]1C(=O)N2CCC[C@@H]2CN1C(=O)c1ccc(-c2cnco2)cc1. The molecule has 2 aliphatic heterocycles. The number of hydrogen-bond donors (Lipinski definition) is 0. The maximum atomic E-state index is 12.9. The first-order valence-electron chi connectivity index (χ1n) is 8.25. The lowest BCUT2D eigenvalue weighted by molar-refractivity contribution is -0.141. The van der Waals surface area contributed by atoms with Crippen LogP contribution in [0.1, 0.15) is 30.1 Å². The molecule has 2 fully saturated rings. The van der Waals surface area contributed by atoms with Gasteiger partial charge in [0.2, 0.25) is 5.91 Å². The Hall–Kier alpha value is -2.63. The summed E-state index contributed by atoms with van der Waals surface area (Å²) < 4.78 is 5.26. The zero-order chi connectivity index (χ0) is 16.7. The predicted octanol–water partition coefficient (Wildman–Crippen LogP) is 2.18. The van der Waals surface area contributed by atoms with Crippen molar-refractivity contribution < 1.29 is 14.0 Å². The van der Waals surface area contributed by atoms with Crippen LogP contribution in [0.4, 0.5) is 0 Å². The average Bonchev–Trinajstić information content (AvgIpc) is 3.29. The third-order valence-corrected chi connectivity index (χ3v) is 5.00. The molecular formula is C18H19N3O3. The number of oxazole rings is 1. The second kappa shape index (κ2) is 5.78. The number of nitrogens with zero attached hydrogens (tertiary/aromatic N) is 3. The number of benzene rings is 1. The fraction of sp³-hybridized carbons (Fsp3) is 0.389. The summed E-state index contributed by atoms with van der Waals surface area (Å²) in [4.78, 5) is 32.9. The Kier molecular flexibility index (Phi) is 3.59. The van der Waals surface area contributed by atoms with Crippen LogP contribution in [-0.2, 0) is 4.79 Å². The Balaban J connectivity index is 1.55. The minimum Gasteiger partial charge on any atom is -0.444 e. The summed E-state index contributed by atoms with van der Waals surface area (Å²) in [5.74, 6) is 0.638. The van der Waals surface area contributed by atoms with E-state index in [2.05, 4.69) is 4.98 Å². The largest absolute Gasteiger partial charge is 0.444 e. The lowest BCUT2D eigenvalue weighted by atomic mass is 10.0. The molecule has 124 valence electrons. The number of fused-ring (bicyclic) bond motifs is 1. The molecule has 2 aliphatic rings. The van der Waals surface area contributed by atoms with Gasteiger partial charge < -0.3 is 14.2 Å². The van der Waals surface area contributed by atoms with E-state index < -0.39 is 6.04 Å². The van der Waals surface area contributed by atoms with Crippen molar-refractivity contribution in [3.05, 3.63) is 42.4 Å². The molecule has 0 N–H and O–H groups in total. The lowest BCUT2D eigenvalue weighted by Crippen LogP contribution is -2.60. The van der Waals surface area contributed by atoms with E-state index in [1.54, 1.807) is 23.2 Å². The minimum absolute atomic E-state index is 0.0652. The number of rotatable bonds is 2. The van der Waals surface area contributed by atoms with Gasteiger partial charge in [0.25, 0.3) is 5.91 Å². The van der Waals surface area contributed by atoms with Crippen LogP contribution in [0, 0.1) is 0 Å². The van der Waals surface area contributed by atoms with Gasteiger partial charge in [-0.3, -0.25) is 9.59 Å². The molecule has 0 bridgehead atoms. The molecule has 3 heterocycles. The van der Waals surface area contributed by atoms with Crippen LogP contribution in [-0.4, -0.2) is 51.8 Å². The first-order valence-corrected chi connectivity index (χ1v) is 8.25. The first kappa shape index (κ1) is 14.9. The molecule has 2 aromatic rings. The molecule has 1 aromatic carbocycles. The predicted molar refractivity (Wildman–Crippen MR) is 87.2 cm³/mol. The molecule has 1 aromatic heterocycles. The number of hydrogen-bond acceptors (Lipinski definition) is 4.